The van der Waals surface area contributed by atoms with E-state index in [1.807, 2.05) is 0 Å². The second-order valence-electron chi connectivity index (χ2n) is 8.88. The fourth-order valence-electron chi connectivity index (χ4n) is 4.48. The number of anilines is 1. The predicted molar refractivity (Wildman–Crippen MR) is 137 cm³/mol. The van der Waals surface area contributed by atoms with Crippen LogP contribution in [-0.4, -0.2) is 55.5 Å². The van der Waals surface area contributed by atoms with Gasteiger partial charge in [0.1, 0.15) is 29.6 Å². The summed E-state index contributed by atoms with van der Waals surface area (Å²) in [5.41, 5.74) is 4.78. The van der Waals surface area contributed by atoms with Gasteiger partial charge in [-0.15, -0.1) is 0 Å². The molecule has 40 heavy (non-hydrogen) atoms. The lowest BCUT2D eigenvalue weighted by Crippen LogP contribution is -2.39. The second kappa shape index (κ2) is 9.88. The molecule has 4 N–H and O–H groups in total. The van der Waals surface area contributed by atoms with Crippen molar-refractivity contribution < 1.29 is 41.9 Å². The van der Waals surface area contributed by atoms with Gasteiger partial charge in [0.25, 0.3) is 5.56 Å². The van der Waals surface area contributed by atoms with E-state index in [1.165, 1.54) is 23.9 Å². The number of nitrogens with zero attached hydrogens (tertiary/aromatic N) is 3. The molecule has 1 aromatic carbocycles. The van der Waals surface area contributed by atoms with Gasteiger partial charge in [0, 0.05) is 24.4 Å². The molecule has 0 spiro atoms. The highest BCUT2D eigenvalue weighted by atomic mass is 79.9. The number of carbonyl (C=O) groups is 1. The van der Waals surface area contributed by atoms with E-state index in [4.69, 9.17) is 33.2 Å². The van der Waals surface area contributed by atoms with Crippen LogP contribution in [0.3, 0.4) is 0 Å². The number of fused-ring (bicyclic) bond motifs is 3. The Morgan fingerprint density at radius 2 is 2.15 bits per heavy atom. The number of aromatic nitrogens is 4. The Hall–Kier alpha value is -3.44. The van der Waals surface area contributed by atoms with Gasteiger partial charge >= 0.3 is 19.4 Å². The van der Waals surface area contributed by atoms with E-state index in [0.717, 1.165) is 6.07 Å². The molecule has 16 nitrogen and oxygen atoms in total. The summed E-state index contributed by atoms with van der Waals surface area (Å²) in [6.45, 7) is 0.574. The number of hydrogen-bond donors (Lipinski definition) is 3. The summed E-state index contributed by atoms with van der Waals surface area (Å²) in [6, 6.07) is 4.05. The molecule has 5 heterocycles. The molecule has 0 aliphatic carbocycles. The Morgan fingerprint density at radius 3 is 2.92 bits per heavy atom. The SMILES string of the molecule is CC(=O)Oc1cc2oc(=O)cc(COP3(=O)OC[C@H]4O[C@@H](n5cnc6c(=O)[nH]c(N)nc65)[C@H](O)[C@@H]4O3)c2cc1Br. The second-order valence-corrected chi connectivity index (χ2v) is 11.4. The number of aromatic amines is 1. The van der Waals surface area contributed by atoms with Crippen LogP contribution < -0.4 is 21.7 Å². The van der Waals surface area contributed by atoms with Crippen LogP contribution in [0.1, 0.15) is 18.7 Å². The van der Waals surface area contributed by atoms with E-state index in [2.05, 4.69) is 30.9 Å². The molecular formula is C22H19BrN5O11P. The molecule has 6 rings (SSSR count). The standard InChI is InChI=1S/C22H19BrN5O11P/c1-8(29)36-13-4-12-10(3-11(13)23)9(2-15(30)37-12)5-34-40(33)35-6-14-18(39-40)17(31)21(38-14)28-7-25-16-19(28)26-22(24)27-20(16)32/h2-4,7,14,17-18,21,31H,5-6H2,1H3,(H3,24,26,27,32)/t14-,17-,18-,21-,40?/m1/s1. The topological polar surface area (TPSA) is 220 Å². The third kappa shape index (κ3) is 4.75. The first-order valence-corrected chi connectivity index (χ1v) is 13.8. The first kappa shape index (κ1) is 26.8. The zero-order valence-electron chi connectivity index (χ0n) is 20.3. The zero-order valence-corrected chi connectivity index (χ0v) is 22.8. The van der Waals surface area contributed by atoms with Gasteiger partial charge < -0.3 is 24.7 Å². The van der Waals surface area contributed by atoms with E-state index < -0.39 is 56.1 Å². The van der Waals surface area contributed by atoms with Crippen molar-refractivity contribution in [2.45, 2.75) is 38.1 Å². The van der Waals surface area contributed by atoms with E-state index in [9.17, 15) is 24.1 Å². The smallest absolute Gasteiger partial charge is 0.425 e. The summed E-state index contributed by atoms with van der Waals surface area (Å²) in [7, 11) is -4.26. The number of nitrogen functional groups attached to an aromatic ring is 1. The Kier molecular flexibility index (Phi) is 6.61. The van der Waals surface area contributed by atoms with Crippen molar-refractivity contribution in [2.24, 2.45) is 0 Å². The minimum absolute atomic E-state index is 0.0165. The maximum absolute atomic E-state index is 13.4. The van der Waals surface area contributed by atoms with Crippen LogP contribution in [0.15, 0.2) is 43.0 Å². The van der Waals surface area contributed by atoms with Gasteiger partial charge in [0.15, 0.2) is 17.4 Å². The maximum atomic E-state index is 13.4. The fourth-order valence-corrected chi connectivity index (χ4v) is 6.29. The Labute approximate surface area is 230 Å². The molecule has 2 aliphatic rings. The first-order chi connectivity index (χ1) is 19.0. The summed E-state index contributed by atoms with van der Waals surface area (Å²) in [4.78, 5) is 46.0. The summed E-state index contributed by atoms with van der Waals surface area (Å²) in [5.74, 6) is -0.587. The highest BCUT2D eigenvalue weighted by Crippen LogP contribution is 2.57. The van der Waals surface area contributed by atoms with Crippen molar-refractivity contribution in [1.29, 1.82) is 0 Å². The molecule has 2 aliphatic heterocycles. The molecule has 0 amide bonds. The van der Waals surface area contributed by atoms with Gasteiger partial charge in [-0.25, -0.2) is 14.3 Å². The van der Waals surface area contributed by atoms with Gasteiger partial charge in [-0.2, -0.15) is 4.98 Å². The quantitative estimate of drug-likeness (QED) is 0.122. The number of H-pyrrole nitrogens is 1. The van der Waals surface area contributed by atoms with E-state index >= 15 is 0 Å². The average Bonchev–Trinajstić information content (AvgIpc) is 3.44. The maximum Gasteiger partial charge on any atom is 0.475 e. The van der Waals surface area contributed by atoms with Crippen LogP contribution in [0, 0.1) is 0 Å². The van der Waals surface area contributed by atoms with Crippen molar-refractivity contribution in [3.05, 3.63) is 55.3 Å². The van der Waals surface area contributed by atoms with Gasteiger partial charge in [-0.1, -0.05) is 0 Å². The van der Waals surface area contributed by atoms with E-state index in [1.54, 1.807) is 6.07 Å². The number of esters is 1. The van der Waals surface area contributed by atoms with E-state index in [-0.39, 0.29) is 40.6 Å². The predicted octanol–water partition coefficient (Wildman–Crippen LogP) is 1.49. The lowest BCUT2D eigenvalue weighted by molar-refractivity contribution is -0.131. The molecule has 1 unspecified atom stereocenters. The fraction of sp³-hybridized carbons (Fsp3) is 0.318. The number of hydrogen-bond acceptors (Lipinski definition) is 14. The number of aliphatic hydroxyl groups is 1. The van der Waals surface area contributed by atoms with Crippen LogP contribution in [-0.2, 0) is 34.3 Å². The van der Waals surface area contributed by atoms with Crippen LogP contribution >= 0.6 is 23.8 Å². The lowest BCUT2D eigenvalue weighted by Gasteiger charge is -2.30. The number of nitrogens with one attached hydrogen (secondary N) is 1. The largest absolute Gasteiger partial charge is 0.475 e. The van der Waals surface area contributed by atoms with Crippen LogP contribution in [0.2, 0.25) is 0 Å². The third-order valence-electron chi connectivity index (χ3n) is 6.20. The number of ether oxygens (including phenoxy) is 2. The van der Waals surface area contributed by atoms with Crippen molar-refractivity contribution in [1.82, 2.24) is 19.5 Å². The summed E-state index contributed by atoms with van der Waals surface area (Å²) in [6.07, 6.45) is -3.23. The van der Waals surface area contributed by atoms with Crippen molar-refractivity contribution in [2.75, 3.05) is 12.3 Å². The normalized spacial score (nSPS) is 26.3. The molecule has 18 heteroatoms. The molecule has 0 radical (unpaired) electrons. The van der Waals surface area contributed by atoms with Gasteiger partial charge in [0.05, 0.1) is 24.0 Å². The van der Waals surface area contributed by atoms with Gasteiger partial charge in [-0.3, -0.25) is 32.7 Å². The Balaban J connectivity index is 1.22. The van der Waals surface area contributed by atoms with Crippen LogP contribution in [0.4, 0.5) is 5.95 Å². The molecule has 4 aromatic rings. The van der Waals surface area contributed by atoms with E-state index in [0.29, 0.717) is 9.86 Å². The molecule has 3 aromatic heterocycles. The Morgan fingerprint density at radius 1 is 1.35 bits per heavy atom. The number of benzene rings is 1. The number of carbonyl (C=O) groups excluding carboxylic acids is 1. The first-order valence-electron chi connectivity index (χ1n) is 11.6. The van der Waals surface area contributed by atoms with Crippen LogP contribution in [0.5, 0.6) is 5.75 Å². The average molecular weight is 640 g/mol. The number of rotatable bonds is 5. The van der Waals surface area contributed by atoms with Gasteiger partial charge in [0.2, 0.25) is 5.95 Å². The molecular weight excluding hydrogens is 621 g/mol. The van der Waals surface area contributed by atoms with Crippen molar-refractivity contribution in [3.63, 3.8) is 0 Å². The molecule has 0 bridgehead atoms. The third-order valence-corrected chi connectivity index (χ3v) is 8.23. The molecule has 5 atom stereocenters. The minimum atomic E-state index is -4.26. The molecule has 0 saturated carbocycles. The highest BCUT2D eigenvalue weighted by molar-refractivity contribution is 9.10. The Bertz CT molecular complexity index is 1840. The summed E-state index contributed by atoms with van der Waals surface area (Å²) >= 11 is 3.30. The number of nitrogens with two attached hydrogens (primary N) is 1. The lowest BCUT2D eigenvalue weighted by atomic mass is 10.1. The zero-order chi connectivity index (χ0) is 28.3. The number of aliphatic hydroxyl groups excluding tert-OH is 1. The highest BCUT2D eigenvalue weighted by Gasteiger charge is 2.53. The number of imidazole rings is 1. The molecule has 210 valence electrons. The van der Waals surface area contributed by atoms with Gasteiger partial charge in [-0.05, 0) is 27.6 Å². The number of phosphoric acid groups is 1. The minimum Gasteiger partial charge on any atom is -0.425 e. The van der Waals surface area contributed by atoms with Crippen LogP contribution in [0.25, 0.3) is 22.1 Å². The van der Waals surface area contributed by atoms with Crippen molar-refractivity contribution in [3.8, 4) is 5.75 Å². The number of halogens is 1. The van der Waals surface area contributed by atoms with Crippen molar-refractivity contribution >= 4 is 57.8 Å². The molecule has 2 saturated heterocycles. The summed E-state index contributed by atoms with van der Waals surface area (Å²) < 4.78 is 47.7. The number of phosphoric ester groups is 1. The molecule has 2 fully saturated rings. The summed E-state index contributed by atoms with van der Waals surface area (Å²) in [5, 5.41) is 11.4. The monoisotopic (exact) mass is 639 g/mol.